The molecule has 82 valence electrons. The van der Waals surface area contributed by atoms with Crippen LogP contribution in [0.2, 0.25) is 0 Å². The third kappa shape index (κ3) is 1.81. The molecule has 0 bridgehead atoms. The van der Waals surface area contributed by atoms with E-state index in [0.29, 0.717) is 0 Å². The zero-order valence-electron chi connectivity index (χ0n) is 7.71. The summed E-state index contributed by atoms with van der Waals surface area (Å²) in [7, 11) is 0. The van der Waals surface area contributed by atoms with E-state index in [2.05, 4.69) is 9.98 Å². The lowest BCUT2D eigenvalue weighted by molar-refractivity contribution is -0.385. The highest BCUT2D eigenvalue weighted by Crippen LogP contribution is 2.03. The maximum absolute atomic E-state index is 10.9. The van der Waals surface area contributed by atoms with Crippen LogP contribution in [-0.4, -0.2) is 22.2 Å². The Balaban J connectivity index is 0.00000128. The van der Waals surface area contributed by atoms with Gasteiger partial charge < -0.3 is 5.48 Å². The molecule has 0 atom stereocenters. The maximum atomic E-state index is 10.9. The molecular weight excluding hydrogens is 218 g/mol. The van der Waals surface area contributed by atoms with Gasteiger partial charge in [-0.1, -0.05) is 0 Å². The minimum Gasteiger partial charge on any atom is -0.412 e. The fraction of sp³-hybridized carbons (Fsp3) is 0. The first-order valence-electron chi connectivity index (χ1n) is 3.88. The summed E-state index contributed by atoms with van der Waals surface area (Å²) in [6, 6.07) is 3.57. The fourth-order valence-electron chi connectivity index (χ4n) is 1.12. The predicted molar refractivity (Wildman–Crippen MR) is 49.0 cm³/mol. The second-order valence-corrected chi connectivity index (χ2v) is 2.76. The SMILES string of the molecule is O.O=C1N=c2ccc([N+](=O)[O-])cc2=NC1=O. The van der Waals surface area contributed by atoms with E-state index in [1.165, 1.54) is 12.1 Å². The van der Waals surface area contributed by atoms with Crippen molar-refractivity contribution in [1.29, 1.82) is 0 Å². The number of hydrogen-bond donors (Lipinski definition) is 0. The monoisotopic (exact) mass is 223 g/mol. The number of non-ortho nitro benzene ring substituents is 1. The molecular formula is C8H5N3O5. The smallest absolute Gasteiger partial charge is 0.338 e. The van der Waals surface area contributed by atoms with Crippen LogP contribution in [0, 0.1) is 10.1 Å². The van der Waals surface area contributed by atoms with Crippen LogP contribution in [0.25, 0.3) is 0 Å². The van der Waals surface area contributed by atoms with Crippen molar-refractivity contribution in [2.75, 3.05) is 0 Å². The molecule has 0 radical (unpaired) electrons. The topological polar surface area (TPSA) is 134 Å². The van der Waals surface area contributed by atoms with Gasteiger partial charge in [0.05, 0.1) is 10.3 Å². The molecule has 0 aromatic heterocycles. The van der Waals surface area contributed by atoms with E-state index in [9.17, 15) is 19.7 Å². The van der Waals surface area contributed by atoms with Gasteiger partial charge in [0.1, 0.15) is 5.36 Å². The number of carbonyl (C=O) groups is 2. The second kappa shape index (κ2) is 3.95. The maximum Gasteiger partial charge on any atom is 0.338 e. The van der Waals surface area contributed by atoms with Crippen LogP contribution in [0.5, 0.6) is 0 Å². The first-order chi connectivity index (χ1) is 7.08. The van der Waals surface area contributed by atoms with Gasteiger partial charge in [0.15, 0.2) is 0 Å². The minimum atomic E-state index is -1.01. The Bertz CT molecular complexity index is 607. The third-order valence-electron chi connectivity index (χ3n) is 1.80. The normalized spacial score (nSPS) is 13.0. The number of rotatable bonds is 1. The summed E-state index contributed by atoms with van der Waals surface area (Å²) in [5.74, 6) is -1.97. The van der Waals surface area contributed by atoms with E-state index in [-0.39, 0.29) is 21.9 Å². The summed E-state index contributed by atoms with van der Waals surface area (Å²) >= 11 is 0. The number of amides is 2. The highest BCUT2D eigenvalue weighted by Gasteiger charge is 2.16. The van der Waals surface area contributed by atoms with Crippen molar-refractivity contribution < 1.29 is 20.0 Å². The molecule has 0 spiro atoms. The highest BCUT2D eigenvalue weighted by molar-refractivity contribution is 6.36. The summed E-state index contributed by atoms with van der Waals surface area (Å²) in [6.45, 7) is 0. The van der Waals surface area contributed by atoms with Gasteiger partial charge in [0, 0.05) is 12.1 Å². The second-order valence-electron chi connectivity index (χ2n) is 2.76. The lowest BCUT2D eigenvalue weighted by Gasteiger charge is -1.96. The standard InChI is InChI=1S/C8H3N3O4.H2O/c12-7-8(13)10-6-3-4(11(14)15)1-2-5(6)9-7;/h1-3H;1H2. The quantitative estimate of drug-likeness (QED) is 0.311. The van der Waals surface area contributed by atoms with Crippen molar-refractivity contribution in [1.82, 2.24) is 0 Å². The third-order valence-corrected chi connectivity index (χ3v) is 1.80. The van der Waals surface area contributed by atoms with Crippen molar-refractivity contribution in [3.05, 3.63) is 39.0 Å². The van der Waals surface area contributed by atoms with Crippen molar-refractivity contribution in [2.24, 2.45) is 9.98 Å². The average Bonchev–Trinajstić information content (AvgIpc) is 2.19. The minimum absolute atomic E-state index is 0. The summed E-state index contributed by atoms with van der Waals surface area (Å²) in [6.07, 6.45) is 0. The fourth-order valence-corrected chi connectivity index (χ4v) is 1.12. The molecule has 0 fully saturated rings. The highest BCUT2D eigenvalue weighted by atomic mass is 16.6. The van der Waals surface area contributed by atoms with Gasteiger partial charge in [-0.25, -0.2) is 9.98 Å². The van der Waals surface area contributed by atoms with Crippen molar-refractivity contribution in [2.45, 2.75) is 0 Å². The Labute approximate surface area is 87.4 Å². The van der Waals surface area contributed by atoms with E-state index in [1.54, 1.807) is 0 Å². The van der Waals surface area contributed by atoms with Gasteiger partial charge in [0.2, 0.25) is 0 Å². The van der Waals surface area contributed by atoms with Crippen LogP contribution >= 0.6 is 0 Å². The molecule has 1 heterocycles. The van der Waals surface area contributed by atoms with Crippen molar-refractivity contribution in [3.8, 4) is 0 Å². The zero-order chi connectivity index (χ0) is 11.0. The number of nitrogens with zero attached hydrogens (tertiary/aromatic N) is 3. The Morgan fingerprint density at radius 2 is 1.62 bits per heavy atom. The number of nitro groups is 1. The summed E-state index contributed by atoms with van der Waals surface area (Å²) in [5, 5.41) is 10.6. The van der Waals surface area contributed by atoms with E-state index in [0.717, 1.165) is 6.07 Å². The molecule has 0 saturated carbocycles. The summed E-state index contributed by atoms with van der Waals surface area (Å²) < 4.78 is 0. The molecule has 8 heteroatoms. The molecule has 0 saturated heterocycles. The van der Waals surface area contributed by atoms with Gasteiger partial charge in [-0.2, -0.15) is 0 Å². The molecule has 1 aliphatic rings. The number of benzene rings is 1. The van der Waals surface area contributed by atoms with Gasteiger partial charge in [-0.15, -0.1) is 0 Å². The largest absolute Gasteiger partial charge is 0.412 e. The Kier molecular flexibility index (Phi) is 2.86. The van der Waals surface area contributed by atoms with Gasteiger partial charge in [0.25, 0.3) is 5.69 Å². The zero-order valence-corrected chi connectivity index (χ0v) is 7.71. The first kappa shape index (κ1) is 11.6. The molecule has 16 heavy (non-hydrogen) atoms. The molecule has 1 aliphatic heterocycles. The number of fused-ring (bicyclic) bond motifs is 1. The molecule has 2 N–H and O–H groups in total. The predicted octanol–water partition coefficient (Wildman–Crippen LogP) is -1.92. The summed E-state index contributed by atoms with van der Waals surface area (Å²) in [5.41, 5.74) is -0.199. The van der Waals surface area contributed by atoms with E-state index in [1.807, 2.05) is 0 Å². The van der Waals surface area contributed by atoms with Crippen molar-refractivity contribution >= 4 is 17.5 Å². The Morgan fingerprint density at radius 1 is 1.06 bits per heavy atom. The lowest BCUT2D eigenvalue weighted by Crippen LogP contribution is -2.34. The van der Waals surface area contributed by atoms with Crippen LogP contribution < -0.4 is 10.7 Å². The van der Waals surface area contributed by atoms with Gasteiger partial charge in [-0.05, 0) is 6.07 Å². The van der Waals surface area contributed by atoms with Crippen LogP contribution in [0.3, 0.4) is 0 Å². The number of hydrogen-bond acceptors (Lipinski definition) is 4. The number of carbonyl (C=O) groups excluding carboxylic acids is 2. The van der Waals surface area contributed by atoms with Crippen LogP contribution in [0.15, 0.2) is 28.2 Å². The Morgan fingerprint density at radius 3 is 2.19 bits per heavy atom. The van der Waals surface area contributed by atoms with Crippen LogP contribution in [0.1, 0.15) is 0 Å². The van der Waals surface area contributed by atoms with E-state index in [4.69, 9.17) is 0 Å². The summed E-state index contributed by atoms with van der Waals surface area (Å²) in [4.78, 5) is 38.3. The first-order valence-corrected chi connectivity index (χ1v) is 3.88. The van der Waals surface area contributed by atoms with Crippen LogP contribution in [-0.2, 0) is 9.59 Å². The van der Waals surface area contributed by atoms with E-state index < -0.39 is 16.7 Å². The average molecular weight is 223 g/mol. The van der Waals surface area contributed by atoms with Gasteiger partial charge >= 0.3 is 11.8 Å². The molecule has 0 unspecified atom stereocenters. The van der Waals surface area contributed by atoms with Crippen LogP contribution in [0.4, 0.5) is 5.69 Å². The van der Waals surface area contributed by atoms with E-state index >= 15 is 0 Å². The number of nitro benzene ring substituents is 1. The molecule has 1 aromatic rings. The lowest BCUT2D eigenvalue weighted by atomic mass is 10.3. The van der Waals surface area contributed by atoms with Gasteiger partial charge in [-0.3, -0.25) is 19.7 Å². The molecule has 0 aliphatic carbocycles. The molecule has 1 aromatic carbocycles. The molecule has 2 amide bonds. The van der Waals surface area contributed by atoms with Crippen molar-refractivity contribution in [3.63, 3.8) is 0 Å². The molecule has 2 rings (SSSR count). The Hall–Kier alpha value is -2.48. The molecule has 8 nitrogen and oxygen atoms in total.